The summed E-state index contributed by atoms with van der Waals surface area (Å²) >= 11 is 0. The molecule has 0 fully saturated rings. The zero-order chi connectivity index (χ0) is 23.0. The lowest BCUT2D eigenvalue weighted by Crippen LogP contribution is -1.85. The van der Waals surface area contributed by atoms with Gasteiger partial charge in [0.25, 0.3) is 0 Å². The molecule has 1 heteroatoms. The van der Waals surface area contributed by atoms with Crippen molar-refractivity contribution in [2.45, 2.75) is 0 Å². The van der Waals surface area contributed by atoms with Crippen LogP contribution in [0.5, 0.6) is 0 Å². The summed E-state index contributed by atoms with van der Waals surface area (Å²) in [4.78, 5) is 0. The summed E-state index contributed by atoms with van der Waals surface area (Å²) in [5.41, 5.74) is 2.26. The number of hydrogen-bond donors (Lipinski definition) is 0. The molecular weight excluding hydrogens is 376 g/mol. The van der Waals surface area contributed by atoms with Gasteiger partial charge in [0.15, 0.2) is 0 Å². The summed E-state index contributed by atoms with van der Waals surface area (Å²) in [6.07, 6.45) is 0. The second-order valence-corrected chi connectivity index (χ2v) is 7.91. The molecule has 1 nitrogen and oxygen atoms in total. The molecule has 144 valence electrons. The first kappa shape index (κ1) is 14.0. The molecule has 31 heavy (non-hydrogen) atoms. The number of rotatable bonds is 1. The quantitative estimate of drug-likeness (QED) is 0.252. The van der Waals surface area contributed by atoms with E-state index in [1.807, 2.05) is 72.8 Å². The normalized spacial score (nSPS) is 13.2. The molecular formula is C30H18O. The summed E-state index contributed by atoms with van der Waals surface area (Å²) in [6, 6.07) is 30.5. The van der Waals surface area contributed by atoms with Gasteiger partial charge in [-0.05, 0) is 62.3 Å². The van der Waals surface area contributed by atoms with Crippen LogP contribution in [0.15, 0.2) is 114 Å². The minimum atomic E-state index is 0.0123. The summed E-state index contributed by atoms with van der Waals surface area (Å²) in [5, 5.41) is 7.42. The molecule has 0 saturated carbocycles. The predicted octanol–water partition coefficient (Wildman–Crippen LogP) is 8.71. The van der Waals surface area contributed by atoms with E-state index in [1.54, 1.807) is 0 Å². The maximum atomic E-state index is 9.31. The first-order chi connectivity index (χ1) is 16.6. The van der Waals surface area contributed by atoms with Crippen LogP contribution in [0.1, 0.15) is 4.11 Å². The van der Waals surface area contributed by atoms with E-state index in [0.717, 1.165) is 43.3 Å². The average Bonchev–Trinajstić information content (AvgIpc) is 3.28. The fraction of sp³-hybridized carbons (Fsp3) is 0. The van der Waals surface area contributed by atoms with Crippen molar-refractivity contribution in [2.75, 3.05) is 0 Å². The van der Waals surface area contributed by atoms with Crippen molar-refractivity contribution < 1.29 is 8.53 Å². The van der Waals surface area contributed by atoms with Gasteiger partial charge in [0.1, 0.15) is 11.2 Å². The lowest BCUT2D eigenvalue weighted by Gasteiger charge is -2.12. The molecule has 0 atom stereocenters. The second-order valence-electron chi connectivity index (χ2n) is 7.91. The number of fused-ring (bicyclic) bond motifs is 7. The SMILES string of the molecule is [2H]c1c(-c2c3ccccc3cc3ccccc23)c([2H])c2c(oc3c4ccccc4ccc32)c1[2H]. The first-order valence-electron chi connectivity index (χ1n) is 11.9. The van der Waals surface area contributed by atoms with Gasteiger partial charge in [-0.3, -0.25) is 0 Å². The van der Waals surface area contributed by atoms with Gasteiger partial charge in [-0.15, -0.1) is 0 Å². The standard InChI is InChI=1S/C30H18O/c1-6-12-25-19(7-1)13-15-26-27-18-22(14-16-28(27)31-30(25)26)29-23-10-4-2-8-20(23)17-21-9-3-5-11-24(21)29/h1-18H/i14D,16D,18D. The van der Waals surface area contributed by atoms with Gasteiger partial charge in [0.05, 0.1) is 4.11 Å². The Morgan fingerprint density at radius 3 is 1.94 bits per heavy atom. The lowest BCUT2D eigenvalue weighted by atomic mass is 9.91. The van der Waals surface area contributed by atoms with Crippen LogP contribution in [0, 0.1) is 0 Å². The van der Waals surface area contributed by atoms with Crippen molar-refractivity contribution >= 4 is 54.3 Å². The van der Waals surface area contributed by atoms with E-state index >= 15 is 0 Å². The van der Waals surface area contributed by atoms with Crippen LogP contribution >= 0.6 is 0 Å². The second kappa shape index (κ2) is 6.20. The largest absolute Gasteiger partial charge is 0.455 e. The van der Waals surface area contributed by atoms with Crippen molar-refractivity contribution in [2.24, 2.45) is 0 Å². The monoisotopic (exact) mass is 397 g/mol. The van der Waals surface area contributed by atoms with Crippen LogP contribution in [0.25, 0.3) is 65.4 Å². The molecule has 1 heterocycles. The summed E-state index contributed by atoms with van der Waals surface area (Å²) in [5.74, 6) is 0. The molecule has 0 aliphatic carbocycles. The van der Waals surface area contributed by atoms with Crippen LogP contribution in [-0.2, 0) is 0 Å². The number of hydrogen-bond acceptors (Lipinski definition) is 1. The molecule has 0 aliphatic rings. The van der Waals surface area contributed by atoms with Crippen LogP contribution in [0.4, 0.5) is 0 Å². The van der Waals surface area contributed by atoms with Crippen LogP contribution in [0.2, 0.25) is 0 Å². The smallest absolute Gasteiger partial charge is 0.143 e. The zero-order valence-corrected chi connectivity index (χ0v) is 16.6. The van der Waals surface area contributed by atoms with Crippen LogP contribution < -0.4 is 0 Å². The van der Waals surface area contributed by atoms with Gasteiger partial charge in [-0.2, -0.15) is 0 Å². The first-order valence-corrected chi connectivity index (χ1v) is 10.4. The van der Waals surface area contributed by atoms with Gasteiger partial charge in [0.2, 0.25) is 0 Å². The molecule has 0 N–H and O–H groups in total. The van der Waals surface area contributed by atoms with Crippen LogP contribution in [-0.4, -0.2) is 0 Å². The molecule has 6 aromatic carbocycles. The highest BCUT2D eigenvalue weighted by Crippen LogP contribution is 2.40. The maximum absolute atomic E-state index is 9.31. The molecule has 0 unspecified atom stereocenters. The van der Waals surface area contributed by atoms with Crippen molar-refractivity contribution in [3.05, 3.63) is 109 Å². The molecule has 7 aromatic rings. The molecule has 0 saturated heterocycles. The Bertz CT molecular complexity index is 1900. The Morgan fingerprint density at radius 2 is 1.19 bits per heavy atom. The van der Waals surface area contributed by atoms with Crippen molar-refractivity contribution in [3.8, 4) is 11.1 Å². The highest BCUT2D eigenvalue weighted by Gasteiger charge is 2.14. The molecule has 0 amide bonds. The Hall–Kier alpha value is -4.10. The molecule has 0 bridgehead atoms. The molecule has 7 rings (SSSR count). The molecule has 0 radical (unpaired) electrons. The number of furan rings is 1. The van der Waals surface area contributed by atoms with E-state index < -0.39 is 0 Å². The van der Waals surface area contributed by atoms with Gasteiger partial charge in [-0.1, -0.05) is 84.9 Å². The predicted molar refractivity (Wildman–Crippen MR) is 132 cm³/mol. The van der Waals surface area contributed by atoms with E-state index in [1.165, 1.54) is 0 Å². The topological polar surface area (TPSA) is 13.1 Å². The summed E-state index contributed by atoms with van der Waals surface area (Å²) in [6.45, 7) is 0. The highest BCUT2D eigenvalue weighted by molar-refractivity contribution is 6.18. The van der Waals surface area contributed by atoms with Crippen LogP contribution in [0.3, 0.4) is 0 Å². The maximum Gasteiger partial charge on any atom is 0.143 e. The summed E-state index contributed by atoms with van der Waals surface area (Å²) in [7, 11) is 0. The van der Waals surface area contributed by atoms with E-state index in [-0.39, 0.29) is 18.1 Å². The lowest BCUT2D eigenvalue weighted by molar-refractivity contribution is 0.672. The highest BCUT2D eigenvalue weighted by atomic mass is 16.3. The molecule has 0 aliphatic heterocycles. The van der Waals surface area contributed by atoms with E-state index in [2.05, 4.69) is 18.2 Å². The third-order valence-corrected chi connectivity index (χ3v) is 6.15. The Kier molecular flexibility index (Phi) is 2.80. The average molecular weight is 397 g/mol. The fourth-order valence-corrected chi connectivity index (χ4v) is 4.72. The third-order valence-electron chi connectivity index (χ3n) is 6.15. The minimum Gasteiger partial charge on any atom is -0.455 e. The van der Waals surface area contributed by atoms with Gasteiger partial charge in [0, 0.05) is 16.2 Å². The zero-order valence-electron chi connectivity index (χ0n) is 19.6. The van der Waals surface area contributed by atoms with E-state index in [4.69, 9.17) is 7.16 Å². The Balaban J connectivity index is 1.71. The molecule has 0 spiro atoms. The Morgan fingerprint density at radius 1 is 0.548 bits per heavy atom. The third kappa shape index (κ3) is 2.38. The van der Waals surface area contributed by atoms with Crippen molar-refractivity contribution in [1.82, 2.24) is 0 Å². The molecule has 1 aromatic heterocycles. The van der Waals surface area contributed by atoms with Gasteiger partial charge in [-0.25, -0.2) is 0 Å². The number of benzene rings is 6. The Labute approximate surface area is 183 Å². The fourth-order valence-electron chi connectivity index (χ4n) is 4.72. The van der Waals surface area contributed by atoms with Crippen molar-refractivity contribution in [3.63, 3.8) is 0 Å². The summed E-state index contributed by atoms with van der Waals surface area (Å²) < 4.78 is 33.3. The van der Waals surface area contributed by atoms with Crippen molar-refractivity contribution in [1.29, 1.82) is 0 Å². The van der Waals surface area contributed by atoms with Gasteiger partial charge >= 0.3 is 0 Å². The van der Waals surface area contributed by atoms with Gasteiger partial charge < -0.3 is 4.42 Å². The van der Waals surface area contributed by atoms with E-state index in [9.17, 15) is 1.37 Å². The minimum absolute atomic E-state index is 0.0123. The van der Waals surface area contributed by atoms with E-state index in [0.29, 0.717) is 22.1 Å².